The van der Waals surface area contributed by atoms with Crippen LogP contribution in [0.1, 0.15) is 0 Å². The number of thioether (sulfide) groups is 1. The summed E-state index contributed by atoms with van der Waals surface area (Å²) < 4.78 is 0. The summed E-state index contributed by atoms with van der Waals surface area (Å²) in [7, 11) is 0. The second-order valence-electron chi connectivity index (χ2n) is 3.14. The fraction of sp³-hybridized carbons (Fsp3) is 0.300. The lowest BCUT2D eigenvalue weighted by Crippen LogP contribution is -2.41. The van der Waals surface area contributed by atoms with E-state index in [1.165, 1.54) is 0 Å². The molecule has 0 saturated carbocycles. The first-order valence-electron chi connectivity index (χ1n) is 4.33. The third-order valence-electron chi connectivity index (χ3n) is 2.20. The lowest BCUT2D eigenvalue weighted by atomic mass is 10.2. The van der Waals surface area contributed by atoms with Crippen molar-refractivity contribution in [3.8, 4) is 6.19 Å². The van der Waals surface area contributed by atoms with Gasteiger partial charge in [-0.3, -0.25) is 4.90 Å². The highest BCUT2D eigenvalue weighted by molar-refractivity contribution is 8.00. The van der Waals surface area contributed by atoms with Crippen LogP contribution in [-0.4, -0.2) is 17.5 Å². The maximum atomic E-state index is 9.02. The van der Waals surface area contributed by atoms with Crippen LogP contribution >= 0.6 is 23.4 Å². The minimum atomic E-state index is 0.367. The molecule has 0 aromatic heterocycles. The molecule has 0 bridgehead atoms. The predicted octanol–water partition coefficient (Wildman–Crippen LogP) is 2.74. The fourth-order valence-corrected chi connectivity index (χ4v) is 2.19. The van der Waals surface area contributed by atoms with Gasteiger partial charge in [-0.25, -0.2) is 0 Å². The van der Waals surface area contributed by atoms with Crippen LogP contribution in [0.3, 0.4) is 0 Å². The lowest BCUT2D eigenvalue weighted by Gasteiger charge is -2.32. The van der Waals surface area contributed by atoms with Crippen LogP contribution in [0, 0.1) is 11.5 Å². The number of anilines is 1. The third kappa shape index (κ3) is 1.82. The Morgan fingerprint density at radius 2 is 2.00 bits per heavy atom. The number of nitrogens with zero attached hydrogens (tertiary/aromatic N) is 2. The van der Waals surface area contributed by atoms with E-state index in [2.05, 4.69) is 6.19 Å². The first-order valence-corrected chi connectivity index (χ1v) is 5.87. The molecule has 2 rings (SSSR count). The molecule has 0 atom stereocenters. The highest BCUT2D eigenvalue weighted by Gasteiger charge is 2.25. The normalized spacial score (nSPS) is 15.7. The van der Waals surface area contributed by atoms with Crippen molar-refractivity contribution in [1.29, 1.82) is 5.26 Å². The molecule has 0 unspecified atom stereocenters. The van der Waals surface area contributed by atoms with Gasteiger partial charge in [-0.15, -0.1) is 0 Å². The van der Waals surface area contributed by atoms with Crippen LogP contribution in [0.4, 0.5) is 5.69 Å². The Morgan fingerprint density at radius 3 is 2.43 bits per heavy atom. The third-order valence-corrected chi connectivity index (χ3v) is 3.69. The molecular weight excluding hydrogens is 216 g/mol. The first-order chi connectivity index (χ1) is 6.81. The summed E-state index contributed by atoms with van der Waals surface area (Å²) in [4.78, 5) is 1.76. The Morgan fingerprint density at radius 1 is 1.36 bits per heavy atom. The summed E-state index contributed by atoms with van der Waals surface area (Å²) in [5.74, 6) is 2.08. The SMILES string of the molecule is N#CN(c1ccc(Cl)cc1)C1CSC1. The highest BCUT2D eigenvalue weighted by Crippen LogP contribution is 2.28. The van der Waals surface area contributed by atoms with Crippen LogP contribution in [-0.2, 0) is 0 Å². The smallest absolute Gasteiger partial charge is 0.184 e. The number of benzene rings is 1. The number of halogens is 1. The zero-order valence-electron chi connectivity index (χ0n) is 7.48. The van der Waals surface area contributed by atoms with Crippen molar-refractivity contribution >= 4 is 29.1 Å². The van der Waals surface area contributed by atoms with E-state index in [4.69, 9.17) is 16.9 Å². The second kappa shape index (κ2) is 4.12. The van der Waals surface area contributed by atoms with Crippen LogP contribution in [0.5, 0.6) is 0 Å². The summed E-state index contributed by atoms with van der Waals surface area (Å²) in [6, 6.07) is 7.76. The van der Waals surface area contributed by atoms with Gasteiger partial charge in [0.25, 0.3) is 0 Å². The molecule has 0 amide bonds. The van der Waals surface area contributed by atoms with Crippen molar-refractivity contribution in [3.63, 3.8) is 0 Å². The van der Waals surface area contributed by atoms with Crippen molar-refractivity contribution in [2.24, 2.45) is 0 Å². The van der Waals surface area contributed by atoms with Gasteiger partial charge in [0, 0.05) is 16.5 Å². The van der Waals surface area contributed by atoms with Crippen molar-refractivity contribution in [2.45, 2.75) is 6.04 Å². The molecule has 0 aliphatic carbocycles. The summed E-state index contributed by atoms with van der Waals surface area (Å²) >= 11 is 7.65. The summed E-state index contributed by atoms with van der Waals surface area (Å²) in [5, 5.41) is 9.72. The highest BCUT2D eigenvalue weighted by atomic mass is 35.5. The predicted molar refractivity (Wildman–Crippen MR) is 60.7 cm³/mol. The van der Waals surface area contributed by atoms with E-state index in [1.807, 2.05) is 36.0 Å². The summed E-state index contributed by atoms with van der Waals surface area (Å²) in [6.45, 7) is 0. The Balaban J connectivity index is 2.19. The van der Waals surface area contributed by atoms with Crippen LogP contribution < -0.4 is 4.90 Å². The number of nitriles is 1. The van der Waals surface area contributed by atoms with Crippen LogP contribution in [0.2, 0.25) is 5.02 Å². The molecule has 1 aromatic carbocycles. The molecule has 1 aromatic rings. The van der Waals surface area contributed by atoms with Gasteiger partial charge in [-0.2, -0.15) is 17.0 Å². The van der Waals surface area contributed by atoms with Crippen molar-refractivity contribution in [1.82, 2.24) is 0 Å². The average Bonchev–Trinajstić information content (AvgIpc) is 2.13. The fourth-order valence-electron chi connectivity index (χ4n) is 1.32. The Bertz CT molecular complexity index is 353. The van der Waals surface area contributed by atoms with Gasteiger partial charge >= 0.3 is 0 Å². The molecule has 1 heterocycles. The quantitative estimate of drug-likeness (QED) is 0.571. The zero-order valence-corrected chi connectivity index (χ0v) is 9.05. The maximum Gasteiger partial charge on any atom is 0.184 e. The minimum absolute atomic E-state index is 0.367. The molecule has 0 spiro atoms. The topological polar surface area (TPSA) is 27.0 Å². The van der Waals surface area contributed by atoms with E-state index in [-0.39, 0.29) is 0 Å². The number of hydrogen-bond donors (Lipinski definition) is 0. The van der Waals surface area contributed by atoms with Gasteiger partial charge in [0.1, 0.15) is 0 Å². The Labute approximate surface area is 92.5 Å². The zero-order chi connectivity index (χ0) is 9.97. The molecular formula is C10H9ClN2S. The van der Waals surface area contributed by atoms with Gasteiger partial charge in [0.2, 0.25) is 0 Å². The molecule has 2 nitrogen and oxygen atoms in total. The Hall–Kier alpha value is -0.850. The number of rotatable bonds is 2. The maximum absolute atomic E-state index is 9.02. The lowest BCUT2D eigenvalue weighted by molar-refractivity contribution is 0.779. The van der Waals surface area contributed by atoms with Gasteiger partial charge < -0.3 is 0 Å². The molecule has 1 fully saturated rings. The Kier molecular flexibility index (Phi) is 2.85. The van der Waals surface area contributed by atoms with Crippen molar-refractivity contribution < 1.29 is 0 Å². The largest absolute Gasteiger partial charge is 0.275 e. The molecule has 4 heteroatoms. The monoisotopic (exact) mass is 224 g/mol. The first kappa shape index (κ1) is 9.70. The van der Waals surface area contributed by atoms with Crippen LogP contribution in [0.25, 0.3) is 0 Å². The molecule has 0 N–H and O–H groups in total. The van der Waals surface area contributed by atoms with E-state index >= 15 is 0 Å². The standard InChI is InChI=1S/C10H9ClN2S/c11-8-1-3-9(4-2-8)13(7-12)10-5-14-6-10/h1-4,10H,5-6H2. The molecule has 1 aliphatic heterocycles. The van der Waals surface area contributed by atoms with E-state index in [1.54, 1.807) is 4.90 Å². The second-order valence-corrected chi connectivity index (χ2v) is 4.65. The van der Waals surface area contributed by atoms with E-state index in [9.17, 15) is 0 Å². The van der Waals surface area contributed by atoms with Gasteiger partial charge in [-0.05, 0) is 24.3 Å². The molecule has 0 radical (unpaired) electrons. The van der Waals surface area contributed by atoms with E-state index in [0.29, 0.717) is 11.1 Å². The average molecular weight is 225 g/mol. The van der Waals surface area contributed by atoms with Crippen molar-refractivity contribution in [2.75, 3.05) is 16.4 Å². The number of hydrogen-bond acceptors (Lipinski definition) is 3. The molecule has 14 heavy (non-hydrogen) atoms. The summed E-state index contributed by atoms with van der Waals surface area (Å²) in [5.41, 5.74) is 0.933. The van der Waals surface area contributed by atoms with Crippen LogP contribution in [0.15, 0.2) is 24.3 Å². The van der Waals surface area contributed by atoms with Gasteiger partial charge in [-0.1, -0.05) is 11.6 Å². The van der Waals surface area contributed by atoms with E-state index < -0.39 is 0 Å². The molecule has 1 aliphatic rings. The van der Waals surface area contributed by atoms with Crippen molar-refractivity contribution in [3.05, 3.63) is 29.3 Å². The van der Waals surface area contributed by atoms with E-state index in [0.717, 1.165) is 17.2 Å². The summed E-state index contributed by atoms with van der Waals surface area (Å²) in [6.07, 6.45) is 2.22. The van der Waals surface area contributed by atoms with Gasteiger partial charge in [0.15, 0.2) is 6.19 Å². The molecule has 1 saturated heterocycles. The minimum Gasteiger partial charge on any atom is -0.275 e. The van der Waals surface area contributed by atoms with Gasteiger partial charge in [0.05, 0.1) is 11.7 Å². The molecule has 72 valence electrons.